The normalized spacial score (nSPS) is 22.4. The summed E-state index contributed by atoms with van der Waals surface area (Å²) in [4.78, 5) is 12.3. The summed E-state index contributed by atoms with van der Waals surface area (Å²) in [6, 6.07) is 8.11. The SMILES string of the molecule is CCCc1ccccc1NC(=O)C1COCC1NC. The molecule has 0 bridgehead atoms. The van der Waals surface area contributed by atoms with Gasteiger partial charge in [0.1, 0.15) is 0 Å². The molecule has 19 heavy (non-hydrogen) atoms. The number of ether oxygens (including phenoxy) is 1. The van der Waals surface area contributed by atoms with Crippen LogP contribution in [-0.4, -0.2) is 32.2 Å². The third-order valence-electron chi connectivity index (χ3n) is 3.58. The van der Waals surface area contributed by atoms with E-state index in [0.717, 1.165) is 18.5 Å². The summed E-state index contributed by atoms with van der Waals surface area (Å²) in [5.74, 6) is -0.0694. The molecule has 0 aliphatic carbocycles. The molecule has 1 aromatic carbocycles. The van der Waals surface area contributed by atoms with Crippen molar-refractivity contribution in [3.63, 3.8) is 0 Å². The Morgan fingerprint density at radius 1 is 1.37 bits per heavy atom. The van der Waals surface area contributed by atoms with Crippen LogP contribution in [0.4, 0.5) is 5.69 Å². The van der Waals surface area contributed by atoms with Crippen LogP contribution in [0.25, 0.3) is 0 Å². The molecule has 0 saturated carbocycles. The number of rotatable bonds is 5. The number of anilines is 1. The van der Waals surface area contributed by atoms with E-state index in [1.807, 2.05) is 25.2 Å². The van der Waals surface area contributed by atoms with Gasteiger partial charge in [-0.15, -0.1) is 0 Å². The fourth-order valence-electron chi connectivity index (χ4n) is 2.45. The highest BCUT2D eigenvalue weighted by Crippen LogP contribution is 2.20. The molecule has 1 aromatic rings. The molecule has 2 rings (SSSR count). The molecule has 0 radical (unpaired) electrons. The highest BCUT2D eigenvalue weighted by Gasteiger charge is 2.33. The van der Waals surface area contributed by atoms with Gasteiger partial charge < -0.3 is 15.4 Å². The van der Waals surface area contributed by atoms with Crippen LogP contribution in [0.3, 0.4) is 0 Å². The Morgan fingerprint density at radius 2 is 2.16 bits per heavy atom. The number of hydrogen-bond acceptors (Lipinski definition) is 3. The van der Waals surface area contributed by atoms with Crippen molar-refractivity contribution in [2.24, 2.45) is 5.92 Å². The van der Waals surface area contributed by atoms with E-state index in [2.05, 4.69) is 23.6 Å². The number of benzene rings is 1. The largest absolute Gasteiger partial charge is 0.379 e. The van der Waals surface area contributed by atoms with Crippen molar-refractivity contribution < 1.29 is 9.53 Å². The molecule has 2 unspecified atom stereocenters. The molecule has 2 atom stereocenters. The number of para-hydroxylation sites is 1. The zero-order valence-electron chi connectivity index (χ0n) is 11.6. The molecule has 2 N–H and O–H groups in total. The van der Waals surface area contributed by atoms with E-state index >= 15 is 0 Å². The molecule has 0 aromatic heterocycles. The number of aryl methyl sites for hydroxylation is 1. The van der Waals surface area contributed by atoms with E-state index in [4.69, 9.17) is 4.74 Å². The van der Waals surface area contributed by atoms with Crippen LogP contribution >= 0.6 is 0 Å². The van der Waals surface area contributed by atoms with E-state index in [1.165, 1.54) is 5.56 Å². The monoisotopic (exact) mass is 262 g/mol. The van der Waals surface area contributed by atoms with Crippen LogP contribution in [0.5, 0.6) is 0 Å². The Hall–Kier alpha value is -1.39. The first kappa shape index (κ1) is 14.0. The minimum Gasteiger partial charge on any atom is -0.379 e. The molecule has 1 fully saturated rings. The van der Waals surface area contributed by atoms with Crippen LogP contribution in [-0.2, 0) is 16.0 Å². The fraction of sp³-hybridized carbons (Fsp3) is 0.533. The average molecular weight is 262 g/mol. The van der Waals surface area contributed by atoms with Gasteiger partial charge in [0.2, 0.25) is 5.91 Å². The van der Waals surface area contributed by atoms with E-state index in [0.29, 0.717) is 13.2 Å². The second-order valence-electron chi connectivity index (χ2n) is 4.94. The van der Waals surface area contributed by atoms with E-state index in [1.54, 1.807) is 0 Å². The molecule has 104 valence electrons. The van der Waals surface area contributed by atoms with E-state index in [9.17, 15) is 4.79 Å². The Bertz CT molecular complexity index is 434. The highest BCUT2D eigenvalue weighted by atomic mass is 16.5. The second-order valence-corrected chi connectivity index (χ2v) is 4.94. The van der Waals surface area contributed by atoms with Gasteiger partial charge in [-0.1, -0.05) is 31.5 Å². The van der Waals surface area contributed by atoms with Crippen molar-refractivity contribution in [3.8, 4) is 0 Å². The first-order valence-corrected chi connectivity index (χ1v) is 6.90. The maximum atomic E-state index is 12.3. The Balaban J connectivity index is 2.06. The molecule has 1 saturated heterocycles. The van der Waals surface area contributed by atoms with E-state index in [-0.39, 0.29) is 17.9 Å². The number of hydrogen-bond donors (Lipinski definition) is 2. The summed E-state index contributed by atoms with van der Waals surface area (Å²) in [5, 5.41) is 6.18. The van der Waals surface area contributed by atoms with Gasteiger partial charge >= 0.3 is 0 Å². The third-order valence-corrected chi connectivity index (χ3v) is 3.58. The Kier molecular flexibility index (Phi) is 4.93. The van der Waals surface area contributed by atoms with Gasteiger partial charge in [-0.25, -0.2) is 0 Å². The van der Waals surface area contributed by atoms with Gasteiger partial charge in [-0.2, -0.15) is 0 Å². The first-order chi connectivity index (χ1) is 9.26. The smallest absolute Gasteiger partial charge is 0.231 e. The van der Waals surface area contributed by atoms with Gasteiger partial charge in [0.25, 0.3) is 0 Å². The molecular formula is C15H22N2O2. The second kappa shape index (κ2) is 6.68. The zero-order chi connectivity index (χ0) is 13.7. The summed E-state index contributed by atoms with van der Waals surface area (Å²) < 4.78 is 5.37. The van der Waals surface area contributed by atoms with E-state index < -0.39 is 0 Å². The summed E-state index contributed by atoms with van der Waals surface area (Å²) >= 11 is 0. The molecule has 0 spiro atoms. The topological polar surface area (TPSA) is 50.4 Å². The lowest BCUT2D eigenvalue weighted by Crippen LogP contribution is -2.39. The summed E-state index contributed by atoms with van der Waals surface area (Å²) in [5.41, 5.74) is 2.12. The van der Waals surface area contributed by atoms with Crippen molar-refractivity contribution in [2.45, 2.75) is 25.8 Å². The van der Waals surface area contributed by atoms with Crippen molar-refractivity contribution in [1.29, 1.82) is 0 Å². The van der Waals surface area contributed by atoms with Crippen LogP contribution in [0.15, 0.2) is 24.3 Å². The summed E-state index contributed by atoms with van der Waals surface area (Å²) in [6.45, 7) is 3.24. The van der Waals surface area contributed by atoms with Gasteiger partial charge in [0, 0.05) is 11.7 Å². The van der Waals surface area contributed by atoms with Gasteiger partial charge in [-0.05, 0) is 25.1 Å². The van der Waals surface area contributed by atoms with Crippen LogP contribution in [0.1, 0.15) is 18.9 Å². The summed E-state index contributed by atoms with van der Waals surface area (Å²) in [7, 11) is 1.87. The Labute approximate surface area is 114 Å². The quantitative estimate of drug-likeness (QED) is 0.851. The minimum absolute atomic E-state index is 0.0420. The predicted octanol–water partition coefficient (Wildman–Crippen LogP) is 1.81. The highest BCUT2D eigenvalue weighted by molar-refractivity contribution is 5.94. The van der Waals surface area contributed by atoms with Gasteiger partial charge in [0.05, 0.1) is 19.1 Å². The Morgan fingerprint density at radius 3 is 2.89 bits per heavy atom. The van der Waals surface area contributed by atoms with Gasteiger partial charge in [-0.3, -0.25) is 4.79 Å². The molecule has 1 heterocycles. The summed E-state index contributed by atoms with van der Waals surface area (Å²) in [6.07, 6.45) is 2.05. The fourth-order valence-corrected chi connectivity index (χ4v) is 2.45. The van der Waals surface area contributed by atoms with Crippen molar-refractivity contribution in [1.82, 2.24) is 5.32 Å². The lowest BCUT2D eigenvalue weighted by atomic mass is 10.0. The standard InChI is InChI=1S/C15H22N2O2/c1-3-6-11-7-4-5-8-13(11)17-15(18)12-9-19-10-14(12)16-2/h4-5,7-8,12,14,16H,3,6,9-10H2,1-2H3,(H,17,18). The van der Waals surface area contributed by atoms with Crippen molar-refractivity contribution in [2.75, 3.05) is 25.6 Å². The molecule has 1 aliphatic rings. The van der Waals surface area contributed by atoms with Crippen LogP contribution < -0.4 is 10.6 Å². The van der Waals surface area contributed by atoms with Crippen molar-refractivity contribution in [3.05, 3.63) is 29.8 Å². The number of amides is 1. The maximum Gasteiger partial charge on any atom is 0.231 e. The third kappa shape index (κ3) is 3.33. The average Bonchev–Trinajstić information content (AvgIpc) is 2.89. The minimum atomic E-state index is -0.111. The molecule has 1 aliphatic heterocycles. The first-order valence-electron chi connectivity index (χ1n) is 6.90. The number of carbonyl (C=O) groups excluding carboxylic acids is 1. The number of nitrogens with one attached hydrogen (secondary N) is 2. The number of carbonyl (C=O) groups is 1. The molecule has 1 amide bonds. The van der Waals surface area contributed by atoms with Crippen molar-refractivity contribution >= 4 is 11.6 Å². The van der Waals surface area contributed by atoms with Crippen LogP contribution in [0, 0.1) is 5.92 Å². The molecule has 4 nitrogen and oxygen atoms in total. The number of likely N-dealkylation sites (N-methyl/N-ethyl adjacent to an activating group) is 1. The lowest BCUT2D eigenvalue weighted by molar-refractivity contribution is -0.120. The zero-order valence-corrected chi connectivity index (χ0v) is 11.6. The maximum absolute atomic E-state index is 12.3. The molecule has 4 heteroatoms. The predicted molar refractivity (Wildman–Crippen MR) is 76.2 cm³/mol. The lowest BCUT2D eigenvalue weighted by Gasteiger charge is -2.17. The van der Waals surface area contributed by atoms with Gasteiger partial charge in [0.15, 0.2) is 0 Å². The molecular weight excluding hydrogens is 240 g/mol. The van der Waals surface area contributed by atoms with Crippen LogP contribution in [0.2, 0.25) is 0 Å².